The van der Waals surface area contributed by atoms with Crippen LogP contribution in [0.3, 0.4) is 0 Å². The number of fused-ring (bicyclic) bond motifs is 1. The third kappa shape index (κ3) is 3.38. The van der Waals surface area contributed by atoms with Crippen molar-refractivity contribution in [2.75, 3.05) is 26.2 Å². The van der Waals surface area contributed by atoms with Gasteiger partial charge in [0.2, 0.25) is 0 Å². The molecule has 1 aliphatic heterocycles. The number of aromatic amines is 1. The van der Waals surface area contributed by atoms with Gasteiger partial charge in [-0.1, -0.05) is 35.9 Å². The summed E-state index contributed by atoms with van der Waals surface area (Å²) < 4.78 is 0. The van der Waals surface area contributed by atoms with E-state index in [0.29, 0.717) is 23.7 Å². The molecule has 3 aromatic rings. The van der Waals surface area contributed by atoms with E-state index in [1.165, 1.54) is 0 Å². The minimum atomic E-state index is 0.00832. The van der Waals surface area contributed by atoms with Crippen LogP contribution in [0.25, 0.3) is 11.0 Å². The maximum atomic E-state index is 12.6. The molecule has 128 valence electrons. The maximum Gasteiger partial charge on any atom is 0.255 e. The van der Waals surface area contributed by atoms with Crippen LogP contribution in [0.15, 0.2) is 48.5 Å². The van der Waals surface area contributed by atoms with Crippen molar-refractivity contribution in [1.82, 2.24) is 19.8 Å². The number of carbonyl (C=O) groups is 1. The summed E-state index contributed by atoms with van der Waals surface area (Å²) in [6, 6.07) is 15.3. The molecule has 1 N–H and O–H groups in total. The molecule has 0 radical (unpaired) electrons. The number of hydrogen-bond donors (Lipinski definition) is 1. The molecule has 25 heavy (non-hydrogen) atoms. The molecule has 0 saturated carbocycles. The molecule has 1 aliphatic rings. The summed E-state index contributed by atoms with van der Waals surface area (Å²) in [7, 11) is 0. The number of rotatable bonds is 3. The Labute approximate surface area is 151 Å². The lowest BCUT2D eigenvalue weighted by Gasteiger charge is -2.34. The molecule has 5 nitrogen and oxygen atoms in total. The molecule has 1 saturated heterocycles. The van der Waals surface area contributed by atoms with Crippen LogP contribution in [0.5, 0.6) is 0 Å². The van der Waals surface area contributed by atoms with E-state index in [4.69, 9.17) is 11.6 Å². The monoisotopic (exact) mass is 354 g/mol. The molecule has 0 unspecified atom stereocenters. The minimum Gasteiger partial charge on any atom is -0.341 e. The van der Waals surface area contributed by atoms with Crippen LogP contribution in [0.4, 0.5) is 0 Å². The Balaban J connectivity index is 1.38. The predicted octanol–water partition coefficient (Wildman–Crippen LogP) is 3.17. The molecule has 0 atom stereocenters. The van der Waals surface area contributed by atoms with Gasteiger partial charge in [0.15, 0.2) is 0 Å². The normalized spacial score (nSPS) is 15.6. The minimum absolute atomic E-state index is 0.00832. The lowest BCUT2D eigenvalue weighted by Crippen LogP contribution is -2.48. The molecule has 2 heterocycles. The van der Waals surface area contributed by atoms with Crippen molar-refractivity contribution in [1.29, 1.82) is 0 Å². The number of benzene rings is 2. The van der Waals surface area contributed by atoms with Gasteiger partial charge in [0, 0.05) is 26.2 Å². The number of nitrogens with zero attached hydrogens (tertiary/aromatic N) is 3. The van der Waals surface area contributed by atoms with Gasteiger partial charge in [-0.05, 0) is 24.3 Å². The van der Waals surface area contributed by atoms with Crippen LogP contribution in [0.1, 0.15) is 16.2 Å². The van der Waals surface area contributed by atoms with E-state index in [2.05, 4.69) is 14.9 Å². The Bertz CT molecular complexity index is 866. The Kier molecular flexibility index (Phi) is 4.42. The molecular formula is C19H19ClN4O. The van der Waals surface area contributed by atoms with Gasteiger partial charge < -0.3 is 9.88 Å². The molecule has 0 spiro atoms. The molecule has 0 bridgehead atoms. The van der Waals surface area contributed by atoms with Crippen LogP contribution in [-0.4, -0.2) is 51.9 Å². The Morgan fingerprint density at radius 1 is 1.04 bits per heavy atom. The van der Waals surface area contributed by atoms with Crippen LogP contribution in [0.2, 0.25) is 5.02 Å². The molecule has 0 aliphatic carbocycles. The van der Waals surface area contributed by atoms with Gasteiger partial charge in [0.25, 0.3) is 5.91 Å². The second-order valence-corrected chi connectivity index (χ2v) is 6.66. The molecular weight excluding hydrogens is 336 g/mol. The Morgan fingerprint density at radius 2 is 1.76 bits per heavy atom. The lowest BCUT2D eigenvalue weighted by atomic mass is 10.2. The first-order chi connectivity index (χ1) is 12.2. The molecule has 1 aromatic heterocycles. The highest BCUT2D eigenvalue weighted by atomic mass is 35.5. The highest BCUT2D eigenvalue weighted by Crippen LogP contribution is 2.19. The van der Waals surface area contributed by atoms with Gasteiger partial charge in [0.1, 0.15) is 5.82 Å². The third-order valence-electron chi connectivity index (χ3n) is 4.58. The number of hydrogen-bond acceptors (Lipinski definition) is 3. The molecule has 1 fully saturated rings. The Morgan fingerprint density at radius 3 is 2.52 bits per heavy atom. The van der Waals surface area contributed by atoms with Crippen molar-refractivity contribution < 1.29 is 4.79 Å². The number of para-hydroxylation sites is 2. The second kappa shape index (κ2) is 6.86. The fourth-order valence-corrected chi connectivity index (χ4v) is 3.42. The number of amides is 1. The van der Waals surface area contributed by atoms with Crippen molar-refractivity contribution in [3.05, 3.63) is 64.9 Å². The average Bonchev–Trinajstić information content (AvgIpc) is 3.04. The van der Waals surface area contributed by atoms with Crippen LogP contribution in [0, 0.1) is 0 Å². The van der Waals surface area contributed by atoms with Crippen molar-refractivity contribution in [2.45, 2.75) is 6.54 Å². The lowest BCUT2D eigenvalue weighted by molar-refractivity contribution is 0.0626. The topological polar surface area (TPSA) is 52.2 Å². The Hall–Kier alpha value is -2.37. The SMILES string of the molecule is O=C(c1ccccc1Cl)N1CCN(Cc2nc3ccccc3[nH]2)CC1. The third-order valence-corrected chi connectivity index (χ3v) is 4.91. The average molecular weight is 355 g/mol. The summed E-state index contributed by atoms with van der Waals surface area (Å²) in [5.41, 5.74) is 2.63. The largest absolute Gasteiger partial charge is 0.341 e. The van der Waals surface area contributed by atoms with Crippen molar-refractivity contribution in [2.24, 2.45) is 0 Å². The number of nitrogens with one attached hydrogen (secondary N) is 1. The van der Waals surface area contributed by atoms with Crippen molar-refractivity contribution >= 4 is 28.5 Å². The molecule has 6 heteroatoms. The summed E-state index contributed by atoms with van der Waals surface area (Å²) in [5, 5.41) is 0.511. The fourth-order valence-electron chi connectivity index (χ4n) is 3.21. The van der Waals surface area contributed by atoms with Crippen LogP contribution >= 0.6 is 11.6 Å². The number of carbonyl (C=O) groups excluding carboxylic acids is 1. The standard InChI is InChI=1S/C19H19ClN4O/c20-15-6-2-1-5-14(15)19(25)24-11-9-23(10-12-24)13-18-21-16-7-3-4-8-17(16)22-18/h1-8H,9-13H2,(H,21,22). The van der Waals surface area contributed by atoms with Gasteiger partial charge in [0.05, 0.1) is 28.2 Å². The summed E-state index contributed by atoms with van der Waals surface area (Å²) in [5.74, 6) is 0.973. The van der Waals surface area contributed by atoms with E-state index in [1.54, 1.807) is 12.1 Å². The zero-order chi connectivity index (χ0) is 17.2. The number of piperazine rings is 1. The predicted molar refractivity (Wildman–Crippen MR) is 98.7 cm³/mol. The molecule has 1 amide bonds. The summed E-state index contributed by atoms with van der Waals surface area (Å²) in [6.45, 7) is 3.82. The van der Waals surface area contributed by atoms with Crippen LogP contribution < -0.4 is 0 Å². The quantitative estimate of drug-likeness (QED) is 0.786. The van der Waals surface area contributed by atoms with Gasteiger partial charge in [-0.25, -0.2) is 4.98 Å². The zero-order valence-corrected chi connectivity index (χ0v) is 14.5. The van der Waals surface area contributed by atoms with E-state index >= 15 is 0 Å². The van der Waals surface area contributed by atoms with E-state index in [-0.39, 0.29) is 5.91 Å². The first-order valence-electron chi connectivity index (χ1n) is 8.40. The summed E-state index contributed by atoms with van der Waals surface area (Å²) in [4.78, 5) is 24.8. The number of H-pyrrole nitrogens is 1. The van der Waals surface area contributed by atoms with E-state index < -0.39 is 0 Å². The first-order valence-corrected chi connectivity index (χ1v) is 8.78. The van der Waals surface area contributed by atoms with Gasteiger partial charge in [-0.15, -0.1) is 0 Å². The number of halogens is 1. The molecule has 4 rings (SSSR count). The summed E-state index contributed by atoms with van der Waals surface area (Å²) in [6.07, 6.45) is 0. The number of imidazole rings is 1. The van der Waals surface area contributed by atoms with E-state index in [1.807, 2.05) is 41.3 Å². The van der Waals surface area contributed by atoms with Crippen LogP contribution in [-0.2, 0) is 6.54 Å². The smallest absolute Gasteiger partial charge is 0.255 e. The highest BCUT2D eigenvalue weighted by Gasteiger charge is 2.23. The highest BCUT2D eigenvalue weighted by molar-refractivity contribution is 6.33. The van der Waals surface area contributed by atoms with Crippen molar-refractivity contribution in [3.8, 4) is 0 Å². The second-order valence-electron chi connectivity index (χ2n) is 6.25. The summed E-state index contributed by atoms with van der Waals surface area (Å²) >= 11 is 6.14. The van der Waals surface area contributed by atoms with Gasteiger partial charge in [-0.2, -0.15) is 0 Å². The zero-order valence-electron chi connectivity index (χ0n) is 13.8. The van der Waals surface area contributed by atoms with Gasteiger partial charge >= 0.3 is 0 Å². The fraction of sp³-hybridized carbons (Fsp3) is 0.263. The van der Waals surface area contributed by atoms with E-state index in [9.17, 15) is 4.79 Å². The first kappa shape index (κ1) is 16.1. The van der Waals surface area contributed by atoms with Crippen molar-refractivity contribution in [3.63, 3.8) is 0 Å². The van der Waals surface area contributed by atoms with E-state index in [0.717, 1.165) is 36.5 Å². The maximum absolute atomic E-state index is 12.6. The number of aromatic nitrogens is 2. The molecule has 2 aromatic carbocycles. The van der Waals surface area contributed by atoms with Gasteiger partial charge in [-0.3, -0.25) is 9.69 Å².